The Hall–Kier alpha value is -2.00. The van der Waals surface area contributed by atoms with Gasteiger partial charge in [0.05, 0.1) is 6.20 Å². The van der Waals surface area contributed by atoms with Crippen LogP contribution in [0.3, 0.4) is 0 Å². The SMILES string of the molecule is CNc1nc(N2CC3CN(CCCOC)CC3(C(=O)O)C2)ncc1F. The summed E-state index contributed by atoms with van der Waals surface area (Å²) in [5.74, 6) is -0.827. The van der Waals surface area contributed by atoms with Crippen molar-refractivity contribution in [2.24, 2.45) is 11.3 Å². The van der Waals surface area contributed by atoms with Crippen LogP contribution in [0.15, 0.2) is 6.20 Å². The molecule has 0 aromatic carbocycles. The third-order valence-corrected chi connectivity index (χ3v) is 5.18. The lowest BCUT2D eigenvalue weighted by atomic mass is 9.81. The van der Waals surface area contributed by atoms with Gasteiger partial charge >= 0.3 is 5.97 Å². The molecule has 1 aromatic rings. The van der Waals surface area contributed by atoms with E-state index in [-0.39, 0.29) is 11.7 Å². The maximum Gasteiger partial charge on any atom is 0.313 e. The van der Waals surface area contributed by atoms with E-state index in [0.717, 1.165) is 25.7 Å². The Labute approximate surface area is 146 Å². The van der Waals surface area contributed by atoms with Crippen molar-refractivity contribution in [3.8, 4) is 0 Å². The van der Waals surface area contributed by atoms with Crippen LogP contribution in [-0.2, 0) is 9.53 Å². The number of carboxylic acids is 1. The molecule has 1 aromatic heterocycles. The standard InChI is InChI=1S/C16H24FN5O3/c1-18-13-12(17)6-19-15(20-13)22-8-11-7-21(4-3-5-25-2)9-16(11,10-22)14(23)24/h6,11H,3-5,7-10H2,1-2H3,(H,23,24)(H,18,19,20). The molecular weight excluding hydrogens is 329 g/mol. The molecule has 0 aliphatic carbocycles. The Bertz CT molecular complexity index is 646. The van der Waals surface area contributed by atoms with Gasteiger partial charge in [-0.3, -0.25) is 4.79 Å². The van der Waals surface area contributed by atoms with Crippen LogP contribution in [0.5, 0.6) is 0 Å². The van der Waals surface area contributed by atoms with Crippen LogP contribution >= 0.6 is 0 Å². The minimum atomic E-state index is -0.829. The van der Waals surface area contributed by atoms with Gasteiger partial charge in [0.2, 0.25) is 5.95 Å². The Morgan fingerprint density at radius 2 is 2.32 bits per heavy atom. The van der Waals surface area contributed by atoms with Crippen molar-refractivity contribution < 1.29 is 19.0 Å². The molecule has 8 nitrogen and oxygen atoms in total. The van der Waals surface area contributed by atoms with Gasteiger partial charge in [-0.05, 0) is 6.42 Å². The highest BCUT2D eigenvalue weighted by Gasteiger charge is 2.57. The number of hydrogen-bond donors (Lipinski definition) is 2. The fraction of sp³-hybridized carbons (Fsp3) is 0.688. The number of nitrogens with one attached hydrogen (secondary N) is 1. The predicted octanol–water partition coefficient (Wildman–Crippen LogP) is 0.517. The zero-order chi connectivity index (χ0) is 18.0. The lowest BCUT2D eigenvalue weighted by Gasteiger charge is -2.25. The van der Waals surface area contributed by atoms with Crippen molar-refractivity contribution >= 4 is 17.7 Å². The molecule has 0 radical (unpaired) electrons. The lowest BCUT2D eigenvalue weighted by Crippen LogP contribution is -2.41. The smallest absolute Gasteiger partial charge is 0.313 e. The van der Waals surface area contributed by atoms with Crippen LogP contribution in [0.4, 0.5) is 16.2 Å². The molecule has 0 saturated carbocycles. The number of fused-ring (bicyclic) bond motifs is 1. The van der Waals surface area contributed by atoms with Gasteiger partial charge < -0.3 is 25.0 Å². The van der Waals surface area contributed by atoms with Gasteiger partial charge in [0, 0.05) is 59.4 Å². The monoisotopic (exact) mass is 353 g/mol. The first-order valence-electron chi connectivity index (χ1n) is 8.40. The van der Waals surface area contributed by atoms with E-state index < -0.39 is 17.2 Å². The molecule has 2 aliphatic rings. The van der Waals surface area contributed by atoms with Crippen LogP contribution in [-0.4, -0.2) is 79.4 Å². The number of hydrogen-bond acceptors (Lipinski definition) is 7. The third-order valence-electron chi connectivity index (χ3n) is 5.18. The van der Waals surface area contributed by atoms with Gasteiger partial charge in [0.25, 0.3) is 0 Å². The molecule has 2 fully saturated rings. The molecule has 0 bridgehead atoms. The van der Waals surface area contributed by atoms with Gasteiger partial charge in [-0.15, -0.1) is 0 Å². The summed E-state index contributed by atoms with van der Waals surface area (Å²) in [6.07, 6.45) is 2.00. The molecule has 3 heterocycles. The van der Waals surface area contributed by atoms with E-state index in [1.54, 1.807) is 14.2 Å². The molecule has 2 atom stereocenters. The van der Waals surface area contributed by atoms with E-state index in [9.17, 15) is 14.3 Å². The molecule has 0 amide bonds. The number of anilines is 2. The summed E-state index contributed by atoms with van der Waals surface area (Å²) in [5.41, 5.74) is -0.829. The van der Waals surface area contributed by atoms with Crippen molar-refractivity contribution in [3.63, 3.8) is 0 Å². The van der Waals surface area contributed by atoms with Crippen molar-refractivity contribution in [3.05, 3.63) is 12.0 Å². The van der Waals surface area contributed by atoms with Gasteiger partial charge in [-0.1, -0.05) is 0 Å². The number of halogens is 1. The zero-order valence-electron chi connectivity index (χ0n) is 14.5. The number of nitrogens with zero attached hydrogens (tertiary/aromatic N) is 4. The molecule has 0 spiro atoms. The highest BCUT2D eigenvalue weighted by atomic mass is 19.1. The molecule has 138 valence electrons. The topological polar surface area (TPSA) is 90.8 Å². The summed E-state index contributed by atoms with van der Waals surface area (Å²) >= 11 is 0. The van der Waals surface area contributed by atoms with Crippen molar-refractivity contribution in [2.75, 3.05) is 63.7 Å². The highest BCUT2D eigenvalue weighted by Crippen LogP contribution is 2.43. The average Bonchev–Trinajstić information content (AvgIpc) is 3.10. The fourth-order valence-electron chi connectivity index (χ4n) is 3.91. The summed E-state index contributed by atoms with van der Waals surface area (Å²) in [7, 11) is 3.25. The first-order valence-corrected chi connectivity index (χ1v) is 8.40. The van der Waals surface area contributed by atoms with Crippen LogP contribution in [0, 0.1) is 17.2 Å². The van der Waals surface area contributed by atoms with Gasteiger partial charge in [0.1, 0.15) is 5.41 Å². The first kappa shape index (κ1) is 17.8. The summed E-state index contributed by atoms with van der Waals surface area (Å²) in [6.45, 7) is 3.63. The molecule has 3 rings (SSSR count). The highest BCUT2D eigenvalue weighted by molar-refractivity contribution is 5.78. The molecule has 2 N–H and O–H groups in total. The molecule has 2 unspecified atom stereocenters. The van der Waals surface area contributed by atoms with E-state index >= 15 is 0 Å². The van der Waals surface area contributed by atoms with E-state index in [0.29, 0.717) is 32.2 Å². The van der Waals surface area contributed by atoms with E-state index in [4.69, 9.17) is 4.74 Å². The van der Waals surface area contributed by atoms with E-state index in [2.05, 4.69) is 20.2 Å². The number of rotatable bonds is 7. The Kier molecular flexibility index (Phi) is 5.05. The lowest BCUT2D eigenvalue weighted by molar-refractivity contribution is -0.148. The molecule has 2 aliphatic heterocycles. The van der Waals surface area contributed by atoms with Crippen LogP contribution in [0.25, 0.3) is 0 Å². The third kappa shape index (κ3) is 3.25. The summed E-state index contributed by atoms with van der Waals surface area (Å²) in [6, 6.07) is 0. The van der Waals surface area contributed by atoms with Gasteiger partial charge in [0.15, 0.2) is 11.6 Å². The second kappa shape index (κ2) is 7.09. The quantitative estimate of drug-likeness (QED) is 0.686. The number of aromatic nitrogens is 2. The maximum absolute atomic E-state index is 13.6. The second-order valence-electron chi connectivity index (χ2n) is 6.74. The number of carboxylic acid groups (broad SMARTS) is 1. The minimum Gasteiger partial charge on any atom is -0.481 e. The molecule has 9 heteroatoms. The number of ether oxygens (including phenoxy) is 1. The minimum absolute atomic E-state index is 0.000710. The number of methoxy groups -OCH3 is 1. The van der Waals surface area contributed by atoms with Crippen molar-refractivity contribution in [2.45, 2.75) is 6.42 Å². The Morgan fingerprint density at radius 1 is 1.52 bits per heavy atom. The first-order chi connectivity index (χ1) is 12.0. The second-order valence-corrected chi connectivity index (χ2v) is 6.74. The summed E-state index contributed by atoms with van der Waals surface area (Å²) < 4.78 is 18.6. The molecule has 2 saturated heterocycles. The average molecular weight is 353 g/mol. The largest absolute Gasteiger partial charge is 0.481 e. The number of carbonyl (C=O) groups is 1. The maximum atomic E-state index is 13.6. The zero-order valence-corrected chi connectivity index (χ0v) is 14.5. The normalized spacial score (nSPS) is 26.0. The van der Waals surface area contributed by atoms with Crippen molar-refractivity contribution in [1.82, 2.24) is 14.9 Å². The van der Waals surface area contributed by atoms with Crippen LogP contribution in [0.2, 0.25) is 0 Å². The van der Waals surface area contributed by atoms with Crippen LogP contribution < -0.4 is 10.2 Å². The Balaban J connectivity index is 1.74. The molecular formula is C16H24FN5O3. The predicted molar refractivity (Wildman–Crippen MR) is 90.2 cm³/mol. The Morgan fingerprint density at radius 3 is 2.96 bits per heavy atom. The molecule has 25 heavy (non-hydrogen) atoms. The summed E-state index contributed by atoms with van der Waals surface area (Å²) in [4.78, 5) is 24.3. The van der Waals surface area contributed by atoms with Crippen LogP contribution in [0.1, 0.15) is 6.42 Å². The number of likely N-dealkylation sites (tertiary alicyclic amines) is 1. The van der Waals surface area contributed by atoms with Crippen molar-refractivity contribution in [1.29, 1.82) is 0 Å². The van der Waals surface area contributed by atoms with Gasteiger partial charge in [-0.2, -0.15) is 4.98 Å². The number of aliphatic carboxylic acids is 1. The van der Waals surface area contributed by atoms with E-state index in [1.165, 1.54) is 0 Å². The fourth-order valence-corrected chi connectivity index (χ4v) is 3.91. The van der Waals surface area contributed by atoms with E-state index in [1.807, 2.05) is 4.90 Å². The summed E-state index contributed by atoms with van der Waals surface area (Å²) in [5, 5.41) is 12.6. The van der Waals surface area contributed by atoms with Gasteiger partial charge in [-0.25, -0.2) is 9.37 Å².